The van der Waals surface area contributed by atoms with Gasteiger partial charge in [-0.05, 0) is 74.7 Å². The van der Waals surface area contributed by atoms with E-state index in [0.717, 1.165) is 44.5 Å². The summed E-state index contributed by atoms with van der Waals surface area (Å²) in [5.74, 6) is 0.262. The minimum atomic E-state index is -0.984. The Hall–Kier alpha value is -2.25. The first-order chi connectivity index (χ1) is 15.5. The first kappa shape index (κ1) is 22.9. The van der Waals surface area contributed by atoms with Crippen LogP contribution in [0.5, 0.6) is 0 Å². The van der Waals surface area contributed by atoms with E-state index in [9.17, 15) is 14.0 Å². The number of hydrogen-bond acceptors (Lipinski definition) is 4. The molecule has 2 fully saturated rings. The second-order valence-corrected chi connectivity index (χ2v) is 9.38. The zero-order chi connectivity index (χ0) is 22.6. The number of imide groups is 1. The number of halogens is 1. The van der Waals surface area contributed by atoms with Gasteiger partial charge >= 0.3 is 6.03 Å². The van der Waals surface area contributed by atoms with Crippen molar-refractivity contribution >= 4 is 11.9 Å². The molecule has 0 spiro atoms. The third-order valence-electron chi connectivity index (χ3n) is 7.30. The van der Waals surface area contributed by atoms with Crippen LogP contribution in [0.3, 0.4) is 0 Å². The number of amides is 3. The second-order valence-electron chi connectivity index (χ2n) is 9.38. The molecule has 2 aliphatic heterocycles. The third-order valence-corrected chi connectivity index (χ3v) is 7.30. The standard InChI is InChI=1S/C25H34FN3O3/c1-32-16-15-29-23(30)25(27-24(29)31,17-19-7-9-22(26)10-8-19)21-11-13-28(14-12-21)18-20-5-3-2-4-6-20/h2-3,7-10,20-21H,4-6,11-18H2,1H3,(H,27,31). The topological polar surface area (TPSA) is 61.9 Å². The molecule has 3 aliphatic rings. The highest BCUT2D eigenvalue weighted by Crippen LogP contribution is 2.37. The predicted molar refractivity (Wildman–Crippen MR) is 121 cm³/mol. The molecule has 7 heteroatoms. The fraction of sp³-hybridized carbons (Fsp3) is 0.600. The van der Waals surface area contributed by atoms with Gasteiger partial charge in [0, 0.05) is 20.1 Å². The van der Waals surface area contributed by atoms with Crippen molar-refractivity contribution in [3.05, 3.63) is 47.8 Å². The quantitative estimate of drug-likeness (QED) is 0.494. The van der Waals surface area contributed by atoms with Crippen molar-refractivity contribution in [3.8, 4) is 0 Å². The maximum Gasteiger partial charge on any atom is 0.325 e. The first-order valence-electron chi connectivity index (χ1n) is 11.8. The van der Waals surface area contributed by atoms with Crippen LogP contribution in [-0.2, 0) is 16.0 Å². The average Bonchev–Trinajstić information content (AvgIpc) is 3.05. The molecule has 1 N–H and O–H groups in total. The van der Waals surface area contributed by atoms with Crippen LogP contribution in [0.4, 0.5) is 9.18 Å². The molecular formula is C25H34FN3O3. The largest absolute Gasteiger partial charge is 0.383 e. The summed E-state index contributed by atoms with van der Waals surface area (Å²) in [6.07, 6.45) is 10.2. The smallest absolute Gasteiger partial charge is 0.325 e. The molecule has 0 radical (unpaired) electrons. The highest BCUT2D eigenvalue weighted by atomic mass is 19.1. The minimum Gasteiger partial charge on any atom is -0.383 e. The van der Waals surface area contributed by atoms with Crippen molar-refractivity contribution in [1.29, 1.82) is 0 Å². The lowest BCUT2D eigenvalue weighted by Crippen LogP contribution is -2.58. The number of carbonyl (C=O) groups excluding carboxylic acids is 2. The lowest BCUT2D eigenvalue weighted by atomic mass is 9.73. The van der Waals surface area contributed by atoms with Crippen molar-refractivity contribution < 1.29 is 18.7 Å². The van der Waals surface area contributed by atoms with Crippen molar-refractivity contribution in [2.45, 2.75) is 44.1 Å². The number of rotatable bonds is 8. The summed E-state index contributed by atoms with van der Waals surface area (Å²) in [5, 5.41) is 3.07. The van der Waals surface area contributed by atoms with Gasteiger partial charge in [0.15, 0.2) is 0 Å². The number of urea groups is 1. The van der Waals surface area contributed by atoms with E-state index in [2.05, 4.69) is 22.4 Å². The van der Waals surface area contributed by atoms with Crippen LogP contribution in [0.1, 0.15) is 37.7 Å². The van der Waals surface area contributed by atoms with Gasteiger partial charge < -0.3 is 15.0 Å². The molecule has 1 aromatic carbocycles. The number of hydrogen-bond donors (Lipinski definition) is 1. The van der Waals surface area contributed by atoms with Gasteiger partial charge in [0.05, 0.1) is 13.2 Å². The highest BCUT2D eigenvalue weighted by molar-refractivity contribution is 6.07. The van der Waals surface area contributed by atoms with Crippen molar-refractivity contribution in [1.82, 2.24) is 15.1 Å². The summed E-state index contributed by atoms with van der Waals surface area (Å²) in [6, 6.07) is 5.88. The summed E-state index contributed by atoms with van der Waals surface area (Å²) < 4.78 is 18.6. The van der Waals surface area contributed by atoms with E-state index >= 15 is 0 Å². The number of nitrogens with one attached hydrogen (secondary N) is 1. The molecule has 2 saturated heterocycles. The summed E-state index contributed by atoms with van der Waals surface area (Å²) >= 11 is 0. The second kappa shape index (κ2) is 10.1. The van der Waals surface area contributed by atoms with E-state index in [-0.39, 0.29) is 30.2 Å². The highest BCUT2D eigenvalue weighted by Gasteiger charge is 2.55. The van der Waals surface area contributed by atoms with Gasteiger partial charge in [0.1, 0.15) is 11.4 Å². The van der Waals surface area contributed by atoms with Gasteiger partial charge in [-0.1, -0.05) is 24.3 Å². The molecule has 1 aliphatic carbocycles. The Morgan fingerprint density at radius 3 is 2.53 bits per heavy atom. The molecule has 174 valence electrons. The summed E-state index contributed by atoms with van der Waals surface area (Å²) in [4.78, 5) is 30.2. The van der Waals surface area contributed by atoms with Crippen molar-refractivity contribution in [2.24, 2.45) is 11.8 Å². The predicted octanol–water partition coefficient (Wildman–Crippen LogP) is 3.37. The number of piperidine rings is 1. The zero-order valence-electron chi connectivity index (χ0n) is 18.9. The molecule has 2 unspecified atom stereocenters. The number of ether oxygens (including phenoxy) is 1. The molecular weight excluding hydrogens is 409 g/mol. The number of benzene rings is 1. The molecule has 32 heavy (non-hydrogen) atoms. The Kier molecular flexibility index (Phi) is 7.26. The fourth-order valence-electron chi connectivity index (χ4n) is 5.49. The molecule has 0 saturated carbocycles. The maximum absolute atomic E-state index is 13.6. The van der Waals surface area contributed by atoms with Crippen LogP contribution >= 0.6 is 0 Å². The van der Waals surface area contributed by atoms with Gasteiger partial charge in [-0.25, -0.2) is 9.18 Å². The van der Waals surface area contributed by atoms with E-state index in [0.29, 0.717) is 18.9 Å². The van der Waals surface area contributed by atoms with Gasteiger partial charge in [-0.3, -0.25) is 9.69 Å². The number of nitrogens with zero attached hydrogens (tertiary/aromatic N) is 2. The Morgan fingerprint density at radius 2 is 1.88 bits per heavy atom. The first-order valence-corrected chi connectivity index (χ1v) is 11.8. The van der Waals surface area contributed by atoms with Crippen LogP contribution in [-0.4, -0.2) is 67.2 Å². The van der Waals surface area contributed by atoms with Gasteiger partial charge in [-0.15, -0.1) is 0 Å². The van der Waals surface area contributed by atoms with Crippen LogP contribution < -0.4 is 5.32 Å². The fourth-order valence-corrected chi connectivity index (χ4v) is 5.49. The molecule has 2 atom stereocenters. The Bertz CT molecular complexity index is 835. The van der Waals surface area contributed by atoms with Gasteiger partial charge in [-0.2, -0.15) is 0 Å². The summed E-state index contributed by atoms with van der Waals surface area (Å²) in [7, 11) is 1.56. The van der Waals surface area contributed by atoms with Gasteiger partial charge in [0.25, 0.3) is 5.91 Å². The van der Waals surface area contributed by atoms with E-state index in [4.69, 9.17) is 4.74 Å². The molecule has 0 bridgehead atoms. The van der Waals surface area contributed by atoms with E-state index in [1.807, 2.05) is 0 Å². The minimum absolute atomic E-state index is 0.0408. The molecule has 3 amide bonds. The maximum atomic E-state index is 13.6. The zero-order valence-corrected chi connectivity index (χ0v) is 18.9. The van der Waals surface area contributed by atoms with Crippen molar-refractivity contribution in [3.63, 3.8) is 0 Å². The molecule has 1 aromatic rings. The van der Waals surface area contributed by atoms with Crippen LogP contribution in [0.25, 0.3) is 0 Å². The third kappa shape index (κ3) is 4.89. The Morgan fingerprint density at radius 1 is 1.12 bits per heavy atom. The Labute approximate surface area is 189 Å². The molecule has 2 heterocycles. The number of methoxy groups -OCH3 is 1. The normalized spacial score (nSPS) is 27.2. The number of carbonyl (C=O) groups is 2. The summed E-state index contributed by atoms with van der Waals surface area (Å²) in [5.41, 5.74) is -0.132. The number of allylic oxidation sites excluding steroid dienone is 2. The lowest BCUT2D eigenvalue weighted by molar-refractivity contribution is -0.134. The molecule has 6 nitrogen and oxygen atoms in total. The van der Waals surface area contributed by atoms with Crippen LogP contribution in [0.15, 0.2) is 36.4 Å². The Balaban J connectivity index is 1.49. The monoisotopic (exact) mass is 443 g/mol. The average molecular weight is 444 g/mol. The molecule has 0 aromatic heterocycles. The summed E-state index contributed by atoms with van der Waals surface area (Å²) in [6.45, 7) is 3.50. The van der Waals surface area contributed by atoms with E-state index in [1.165, 1.54) is 29.9 Å². The van der Waals surface area contributed by atoms with Crippen molar-refractivity contribution in [2.75, 3.05) is 39.9 Å². The van der Waals surface area contributed by atoms with Gasteiger partial charge in [0.2, 0.25) is 0 Å². The van der Waals surface area contributed by atoms with E-state index in [1.54, 1.807) is 19.2 Å². The van der Waals surface area contributed by atoms with E-state index < -0.39 is 5.54 Å². The lowest BCUT2D eigenvalue weighted by Gasteiger charge is -2.42. The van der Waals surface area contributed by atoms with Crippen LogP contribution in [0, 0.1) is 17.7 Å². The van der Waals surface area contributed by atoms with Crippen LogP contribution in [0.2, 0.25) is 0 Å². The SMILES string of the molecule is COCCN1C(=O)NC(Cc2ccc(F)cc2)(C2CCN(CC3CC=CCC3)CC2)C1=O. The molecule has 4 rings (SSSR count). The number of likely N-dealkylation sites (tertiary alicyclic amines) is 1.